The normalized spacial score (nSPS) is 25.0. The van der Waals surface area contributed by atoms with Gasteiger partial charge in [-0.25, -0.2) is 0 Å². The zero-order valence-corrected chi connectivity index (χ0v) is 14.2. The second-order valence-electron chi connectivity index (χ2n) is 6.83. The summed E-state index contributed by atoms with van der Waals surface area (Å²) in [4.78, 5) is 31.2. The Bertz CT molecular complexity index is 819. The predicted molar refractivity (Wildman–Crippen MR) is 92.5 cm³/mol. The number of carbonyl (C=O) groups is 1. The van der Waals surface area contributed by atoms with E-state index in [0.717, 1.165) is 31.4 Å². The third kappa shape index (κ3) is 2.92. The Morgan fingerprint density at radius 2 is 1.84 bits per heavy atom. The van der Waals surface area contributed by atoms with E-state index in [0.29, 0.717) is 0 Å². The van der Waals surface area contributed by atoms with E-state index in [1.807, 2.05) is 17.0 Å². The molecule has 2 aliphatic rings. The number of nitrogens with zero attached hydrogens (tertiary/aromatic N) is 3. The summed E-state index contributed by atoms with van der Waals surface area (Å²) in [6, 6.07) is 7.37. The average Bonchev–Trinajstić information content (AvgIpc) is 2.88. The Morgan fingerprint density at radius 1 is 1.16 bits per heavy atom. The summed E-state index contributed by atoms with van der Waals surface area (Å²) in [5, 5.41) is 0. The van der Waals surface area contributed by atoms with Crippen molar-refractivity contribution in [3.8, 4) is 5.75 Å². The molecule has 130 valence electrons. The molecule has 0 radical (unpaired) electrons. The lowest BCUT2D eigenvalue weighted by atomic mass is 9.98. The lowest BCUT2D eigenvalue weighted by Gasteiger charge is -2.38. The molecule has 2 aromatic heterocycles. The fraction of sp³-hybridized carbons (Fsp3) is 0.421. The molecule has 4 heterocycles. The van der Waals surface area contributed by atoms with Crippen LogP contribution in [0.4, 0.5) is 0 Å². The molecule has 0 aromatic carbocycles. The number of rotatable bonds is 3. The number of aryl methyl sites for hydroxylation is 1. The van der Waals surface area contributed by atoms with Crippen molar-refractivity contribution < 1.29 is 9.53 Å². The van der Waals surface area contributed by atoms with Crippen LogP contribution in [0.3, 0.4) is 0 Å². The van der Waals surface area contributed by atoms with Crippen molar-refractivity contribution >= 4 is 5.91 Å². The van der Waals surface area contributed by atoms with Gasteiger partial charge in [-0.2, -0.15) is 0 Å². The van der Waals surface area contributed by atoms with E-state index in [2.05, 4.69) is 4.98 Å². The molecule has 2 aromatic rings. The highest BCUT2D eigenvalue weighted by molar-refractivity contribution is 5.94. The summed E-state index contributed by atoms with van der Waals surface area (Å²) in [7, 11) is 1.67. The van der Waals surface area contributed by atoms with E-state index in [9.17, 15) is 9.59 Å². The van der Waals surface area contributed by atoms with Gasteiger partial charge in [-0.1, -0.05) is 0 Å². The Morgan fingerprint density at radius 3 is 2.52 bits per heavy atom. The molecule has 1 amide bonds. The van der Waals surface area contributed by atoms with E-state index < -0.39 is 0 Å². The van der Waals surface area contributed by atoms with Crippen LogP contribution in [0.2, 0.25) is 0 Å². The summed E-state index contributed by atoms with van der Waals surface area (Å²) < 4.78 is 7.52. The summed E-state index contributed by atoms with van der Waals surface area (Å²) in [5.74, 6) is 0.673. The van der Waals surface area contributed by atoms with Crippen molar-refractivity contribution in [2.45, 2.75) is 43.9 Å². The Labute approximate surface area is 146 Å². The van der Waals surface area contributed by atoms with Crippen molar-refractivity contribution in [2.75, 3.05) is 0 Å². The van der Waals surface area contributed by atoms with E-state index in [1.54, 1.807) is 37.8 Å². The minimum absolute atomic E-state index is 0.0996. The first-order valence-corrected chi connectivity index (χ1v) is 8.68. The van der Waals surface area contributed by atoms with Gasteiger partial charge in [0, 0.05) is 50.6 Å². The second kappa shape index (κ2) is 6.35. The number of fused-ring (bicyclic) bond motifs is 2. The van der Waals surface area contributed by atoms with Gasteiger partial charge in [-0.05, 0) is 37.1 Å². The van der Waals surface area contributed by atoms with Gasteiger partial charge in [-0.15, -0.1) is 0 Å². The van der Waals surface area contributed by atoms with Gasteiger partial charge in [0.15, 0.2) is 0 Å². The SMILES string of the molecule is Cn1cccc(C(=O)N2C3CCC2CC(Oc2ccncc2)C3)c1=O. The van der Waals surface area contributed by atoms with Crippen molar-refractivity contribution in [3.63, 3.8) is 0 Å². The summed E-state index contributed by atoms with van der Waals surface area (Å²) in [6.07, 6.45) is 8.75. The minimum Gasteiger partial charge on any atom is -0.490 e. The molecule has 2 bridgehead atoms. The third-order valence-electron chi connectivity index (χ3n) is 5.23. The van der Waals surface area contributed by atoms with Crippen LogP contribution in [0.15, 0.2) is 47.7 Å². The highest BCUT2D eigenvalue weighted by Crippen LogP contribution is 2.37. The molecule has 0 aliphatic carbocycles. The van der Waals surface area contributed by atoms with Crippen LogP contribution in [-0.2, 0) is 7.05 Å². The Hall–Kier alpha value is -2.63. The van der Waals surface area contributed by atoms with Gasteiger partial charge < -0.3 is 14.2 Å². The van der Waals surface area contributed by atoms with Crippen LogP contribution in [0, 0.1) is 0 Å². The van der Waals surface area contributed by atoms with E-state index in [1.165, 1.54) is 4.57 Å². The highest BCUT2D eigenvalue weighted by atomic mass is 16.5. The first-order valence-electron chi connectivity index (χ1n) is 8.68. The smallest absolute Gasteiger partial charge is 0.263 e. The van der Waals surface area contributed by atoms with Gasteiger partial charge in [0.05, 0.1) is 0 Å². The Kier molecular flexibility index (Phi) is 4.03. The van der Waals surface area contributed by atoms with Gasteiger partial charge in [-0.3, -0.25) is 14.6 Å². The van der Waals surface area contributed by atoms with Gasteiger partial charge in [0.2, 0.25) is 0 Å². The first-order chi connectivity index (χ1) is 12.1. The standard InChI is InChI=1S/C19H21N3O3/c1-21-10-2-3-17(18(21)23)19(24)22-13-4-5-14(22)12-16(11-13)25-15-6-8-20-9-7-15/h2-3,6-10,13-14,16H,4-5,11-12H2,1H3. The zero-order valence-electron chi connectivity index (χ0n) is 14.2. The molecule has 0 N–H and O–H groups in total. The largest absolute Gasteiger partial charge is 0.490 e. The molecular formula is C19H21N3O3. The molecule has 2 fully saturated rings. The fourth-order valence-electron chi connectivity index (χ4n) is 4.06. The molecular weight excluding hydrogens is 318 g/mol. The average molecular weight is 339 g/mol. The van der Waals surface area contributed by atoms with Crippen LogP contribution in [0.5, 0.6) is 5.75 Å². The molecule has 0 saturated carbocycles. The van der Waals surface area contributed by atoms with Crippen molar-refractivity contribution in [2.24, 2.45) is 7.05 Å². The maximum atomic E-state index is 13.0. The number of aromatic nitrogens is 2. The lowest BCUT2D eigenvalue weighted by Crippen LogP contribution is -2.50. The number of hydrogen-bond donors (Lipinski definition) is 0. The molecule has 6 heteroatoms. The van der Waals surface area contributed by atoms with Gasteiger partial charge >= 0.3 is 0 Å². The summed E-state index contributed by atoms with van der Waals surface area (Å²) in [5.41, 5.74) is 0.0254. The van der Waals surface area contributed by atoms with Crippen molar-refractivity contribution in [3.05, 3.63) is 58.8 Å². The molecule has 2 saturated heterocycles. The molecule has 2 unspecified atom stereocenters. The monoisotopic (exact) mass is 339 g/mol. The number of carbonyl (C=O) groups excluding carboxylic acids is 1. The predicted octanol–water partition coefficient (Wildman–Crippen LogP) is 1.99. The molecule has 6 nitrogen and oxygen atoms in total. The molecule has 25 heavy (non-hydrogen) atoms. The summed E-state index contributed by atoms with van der Waals surface area (Å²) >= 11 is 0. The Balaban J connectivity index is 1.52. The topological polar surface area (TPSA) is 64.4 Å². The van der Waals surface area contributed by atoms with Crippen LogP contribution < -0.4 is 10.3 Å². The number of piperidine rings is 1. The second-order valence-corrected chi connectivity index (χ2v) is 6.83. The molecule has 2 atom stereocenters. The fourth-order valence-corrected chi connectivity index (χ4v) is 4.06. The van der Waals surface area contributed by atoms with Crippen LogP contribution in [0.1, 0.15) is 36.0 Å². The molecule has 0 spiro atoms. The van der Waals surface area contributed by atoms with Gasteiger partial charge in [0.25, 0.3) is 11.5 Å². The quantitative estimate of drug-likeness (QED) is 0.858. The van der Waals surface area contributed by atoms with E-state index in [-0.39, 0.29) is 35.2 Å². The number of hydrogen-bond acceptors (Lipinski definition) is 4. The van der Waals surface area contributed by atoms with Gasteiger partial charge in [0.1, 0.15) is 17.4 Å². The molecule has 2 aliphatic heterocycles. The van der Waals surface area contributed by atoms with Crippen molar-refractivity contribution in [1.82, 2.24) is 14.5 Å². The van der Waals surface area contributed by atoms with E-state index >= 15 is 0 Å². The lowest BCUT2D eigenvalue weighted by molar-refractivity contribution is 0.0357. The van der Waals surface area contributed by atoms with Crippen LogP contribution in [-0.4, -0.2) is 38.5 Å². The highest BCUT2D eigenvalue weighted by Gasteiger charge is 2.44. The van der Waals surface area contributed by atoms with Crippen LogP contribution in [0.25, 0.3) is 0 Å². The minimum atomic E-state index is -0.234. The maximum absolute atomic E-state index is 13.0. The number of ether oxygens (including phenoxy) is 1. The number of pyridine rings is 2. The number of amides is 1. The molecule has 4 rings (SSSR count). The van der Waals surface area contributed by atoms with E-state index in [4.69, 9.17) is 4.74 Å². The first kappa shape index (κ1) is 15.9. The summed E-state index contributed by atoms with van der Waals surface area (Å²) in [6.45, 7) is 0. The third-order valence-corrected chi connectivity index (χ3v) is 5.23. The van der Waals surface area contributed by atoms with Crippen LogP contribution >= 0.6 is 0 Å². The zero-order chi connectivity index (χ0) is 17.4. The van der Waals surface area contributed by atoms with Crippen molar-refractivity contribution in [1.29, 1.82) is 0 Å². The maximum Gasteiger partial charge on any atom is 0.263 e.